The Morgan fingerprint density at radius 2 is 1.24 bits per heavy atom. The molecule has 29 heavy (non-hydrogen) atoms. The van der Waals surface area contributed by atoms with E-state index in [-0.39, 0.29) is 5.92 Å². The molecule has 0 aliphatic carbocycles. The maximum atomic E-state index is 5.95. The van der Waals surface area contributed by atoms with E-state index >= 15 is 0 Å². The van der Waals surface area contributed by atoms with Crippen molar-refractivity contribution in [3.05, 3.63) is 136 Å². The maximum Gasteiger partial charge on any atom is 0.0342 e. The molecule has 0 aromatic heterocycles. The molecule has 0 aliphatic rings. The van der Waals surface area contributed by atoms with E-state index < -0.39 is 0 Å². The fourth-order valence-corrected chi connectivity index (χ4v) is 4.05. The Balaban J connectivity index is 1.72. The third kappa shape index (κ3) is 4.41. The number of anilines is 1. The standard InChI is InChI=1S/C28H27N/c1-20-8-17-27(21(2)18-20)28(25-13-15-26(29)16-14-25)24-11-9-23(10-12-24)19-22-6-4-3-5-7-22/h3-18,28H,19,29H2,1-2H3. The fourth-order valence-electron chi connectivity index (χ4n) is 4.05. The van der Waals surface area contributed by atoms with Gasteiger partial charge in [0.15, 0.2) is 0 Å². The number of hydrogen-bond acceptors (Lipinski definition) is 1. The minimum atomic E-state index is 0.196. The van der Waals surface area contributed by atoms with Crippen molar-refractivity contribution in [1.29, 1.82) is 0 Å². The summed E-state index contributed by atoms with van der Waals surface area (Å²) in [6, 6.07) is 34.7. The highest BCUT2D eigenvalue weighted by atomic mass is 14.5. The van der Waals surface area contributed by atoms with Crippen LogP contribution in [-0.4, -0.2) is 0 Å². The summed E-state index contributed by atoms with van der Waals surface area (Å²) >= 11 is 0. The van der Waals surface area contributed by atoms with Gasteiger partial charge in [0.05, 0.1) is 0 Å². The molecule has 0 amide bonds. The smallest absolute Gasteiger partial charge is 0.0342 e. The molecular formula is C28H27N. The van der Waals surface area contributed by atoms with Crippen molar-refractivity contribution in [2.75, 3.05) is 5.73 Å². The molecule has 0 saturated carbocycles. The van der Waals surface area contributed by atoms with E-state index in [1.165, 1.54) is 38.9 Å². The molecule has 2 N–H and O–H groups in total. The Morgan fingerprint density at radius 3 is 1.86 bits per heavy atom. The molecule has 1 atom stereocenters. The molecule has 1 unspecified atom stereocenters. The number of hydrogen-bond donors (Lipinski definition) is 1. The third-order valence-corrected chi connectivity index (χ3v) is 5.57. The highest BCUT2D eigenvalue weighted by Gasteiger charge is 2.18. The quantitative estimate of drug-likeness (QED) is 0.305. The van der Waals surface area contributed by atoms with Gasteiger partial charge in [-0.15, -0.1) is 0 Å². The van der Waals surface area contributed by atoms with Crippen molar-refractivity contribution in [3.8, 4) is 0 Å². The molecule has 1 heteroatoms. The number of nitrogens with two attached hydrogens (primary N) is 1. The number of benzene rings is 4. The summed E-state index contributed by atoms with van der Waals surface area (Å²) in [7, 11) is 0. The molecule has 4 rings (SSSR count). The molecule has 0 radical (unpaired) electrons. The monoisotopic (exact) mass is 377 g/mol. The lowest BCUT2D eigenvalue weighted by Crippen LogP contribution is -2.06. The van der Waals surface area contributed by atoms with Gasteiger partial charge in [-0.05, 0) is 65.8 Å². The Bertz CT molecular complexity index is 1080. The first-order valence-corrected chi connectivity index (χ1v) is 10.2. The van der Waals surface area contributed by atoms with Crippen LogP contribution < -0.4 is 5.73 Å². The summed E-state index contributed by atoms with van der Waals surface area (Å²) in [5.74, 6) is 0.196. The van der Waals surface area contributed by atoms with Gasteiger partial charge in [0, 0.05) is 11.6 Å². The fraction of sp³-hybridized carbons (Fsp3) is 0.143. The molecular weight excluding hydrogens is 350 g/mol. The van der Waals surface area contributed by atoms with Crippen LogP contribution in [0, 0.1) is 13.8 Å². The van der Waals surface area contributed by atoms with Gasteiger partial charge in [0.25, 0.3) is 0 Å². The van der Waals surface area contributed by atoms with Crippen LogP contribution in [0.15, 0.2) is 97.1 Å². The summed E-state index contributed by atoms with van der Waals surface area (Å²) in [4.78, 5) is 0. The summed E-state index contributed by atoms with van der Waals surface area (Å²) in [6.45, 7) is 4.35. The van der Waals surface area contributed by atoms with Gasteiger partial charge in [0.1, 0.15) is 0 Å². The molecule has 144 valence electrons. The van der Waals surface area contributed by atoms with Crippen LogP contribution in [0.4, 0.5) is 5.69 Å². The summed E-state index contributed by atoms with van der Waals surface area (Å²) in [6.07, 6.45) is 0.956. The van der Waals surface area contributed by atoms with E-state index in [0.717, 1.165) is 12.1 Å². The molecule has 0 aliphatic heterocycles. The lowest BCUT2D eigenvalue weighted by Gasteiger charge is -2.22. The Morgan fingerprint density at radius 1 is 0.655 bits per heavy atom. The van der Waals surface area contributed by atoms with Crippen LogP contribution >= 0.6 is 0 Å². The second-order valence-corrected chi connectivity index (χ2v) is 7.86. The van der Waals surface area contributed by atoms with E-state index in [9.17, 15) is 0 Å². The van der Waals surface area contributed by atoms with Gasteiger partial charge >= 0.3 is 0 Å². The third-order valence-electron chi connectivity index (χ3n) is 5.57. The van der Waals surface area contributed by atoms with Gasteiger partial charge < -0.3 is 5.73 Å². The van der Waals surface area contributed by atoms with Crippen molar-refractivity contribution >= 4 is 5.69 Å². The zero-order chi connectivity index (χ0) is 20.2. The van der Waals surface area contributed by atoms with Crippen LogP contribution in [0.1, 0.15) is 44.9 Å². The van der Waals surface area contributed by atoms with E-state index in [1.807, 2.05) is 12.1 Å². The van der Waals surface area contributed by atoms with Crippen molar-refractivity contribution in [2.45, 2.75) is 26.2 Å². The van der Waals surface area contributed by atoms with Gasteiger partial charge in [-0.2, -0.15) is 0 Å². The van der Waals surface area contributed by atoms with Crippen LogP contribution in [0.25, 0.3) is 0 Å². The zero-order valence-electron chi connectivity index (χ0n) is 17.1. The second-order valence-electron chi connectivity index (χ2n) is 7.86. The van der Waals surface area contributed by atoms with E-state index in [1.54, 1.807) is 0 Å². The molecule has 0 bridgehead atoms. The van der Waals surface area contributed by atoms with Gasteiger partial charge in [-0.25, -0.2) is 0 Å². The minimum Gasteiger partial charge on any atom is -0.399 e. The van der Waals surface area contributed by atoms with Crippen LogP contribution in [-0.2, 0) is 6.42 Å². The first-order valence-electron chi connectivity index (χ1n) is 10.2. The SMILES string of the molecule is Cc1ccc(C(c2ccc(N)cc2)c2ccc(Cc3ccccc3)cc2)c(C)c1. The second kappa shape index (κ2) is 8.36. The van der Waals surface area contributed by atoms with Crippen molar-refractivity contribution < 1.29 is 0 Å². The first-order chi connectivity index (χ1) is 14.1. The molecule has 4 aromatic carbocycles. The predicted molar refractivity (Wildman–Crippen MR) is 123 cm³/mol. The average Bonchev–Trinajstić information content (AvgIpc) is 2.73. The lowest BCUT2D eigenvalue weighted by atomic mass is 9.82. The predicted octanol–water partition coefficient (Wildman–Crippen LogP) is 6.66. The van der Waals surface area contributed by atoms with E-state index in [0.29, 0.717) is 0 Å². The molecule has 0 saturated heterocycles. The van der Waals surface area contributed by atoms with Gasteiger partial charge in [0.2, 0.25) is 0 Å². The average molecular weight is 378 g/mol. The maximum absolute atomic E-state index is 5.95. The number of nitrogen functional groups attached to an aromatic ring is 1. The van der Waals surface area contributed by atoms with Crippen molar-refractivity contribution in [3.63, 3.8) is 0 Å². The molecule has 1 nitrogen and oxygen atoms in total. The van der Waals surface area contributed by atoms with Crippen molar-refractivity contribution in [2.24, 2.45) is 0 Å². The molecule has 0 spiro atoms. The van der Waals surface area contributed by atoms with E-state index in [4.69, 9.17) is 5.73 Å². The van der Waals surface area contributed by atoms with Crippen molar-refractivity contribution in [1.82, 2.24) is 0 Å². The van der Waals surface area contributed by atoms with E-state index in [2.05, 4.69) is 98.8 Å². The Hall–Kier alpha value is -3.32. The summed E-state index contributed by atoms with van der Waals surface area (Å²) < 4.78 is 0. The summed E-state index contributed by atoms with van der Waals surface area (Å²) in [5.41, 5.74) is 15.9. The van der Waals surface area contributed by atoms with Crippen LogP contribution in [0.5, 0.6) is 0 Å². The lowest BCUT2D eigenvalue weighted by molar-refractivity contribution is 0.958. The van der Waals surface area contributed by atoms with Gasteiger partial charge in [-0.3, -0.25) is 0 Å². The topological polar surface area (TPSA) is 26.0 Å². The number of aryl methyl sites for hydroxylation is 2. The molecule has 0 heterocycles. The van der Waals surface area contributed by atoms with Gasteiger partial charge in [-0.1, -0.05) is 90.5 Å². The summed E-state index contributed by atoms with van der Waals surface area (Å²) in [5, 5.41) is 0. The zero-order valence-corrected chi connectivity index (χ0v) is 17.1. The number of rotatable bonds is 5. The van der Waals surface area contributed by atoms with Crippen LogP contribution in [0.2, 0.25) is 0 Å². The Kier molecular flexibility index (Phi) is 5.48. The normalized spacial score (nSPS) is 11.9. The highest BCUT2D eigenvalue weighted by molar-refractivity contribution is 5.50. The van der Waals surface area contributed by atoms with Crippen LogP contribution in [0.3, 0.4) is 0 Å². The molecule has 4 aromatic rings. The Labute approximate surface area is 173 Å². The highest BCUT2D eigenvalue weighted by Crippen LogP contribution is 2.34. The minimum absolute atomic E-state index is 0.196. The molecule has 0 fully saturated rings. The largest absolute Gasteiger partial charge is 0.399 e. The first kappa shape index (κ1) is 19.0.